The maximum atomic E-state index is 11.6. The molecule has 0 saturated heterocycles. The van der Waals surface area contributed by atoms with E-state index in [0.29, 0.717) is 68.5 Å². The number of aliphatic hydroxyl groups excluding tert-OH is 2. The van der Waals surface area contributed by atoms with Crippen molar-refractivity contribution in [2.24, 2.45) is 0 Å². The number of benzene rings is 4. The minimum atomic E-state index is -0.998. The molecule has 4 unspecified atom stereocenters. The van der Waals surface area contributed by atoms with E-state index in [-0.39, 0.29) is 11.8 Å². The highest BCUT2D eigenvalue weighted by molar-refractivity contribution is 5.60. The average Bonchev–Trinajstić information content (AvgIpc) is 4.22. The van der Waals surface area contributed by atoms with Gasteiger partial charge in [0, 0.05) is 58.4 Å². The average molecular weight is 895 g/mol. The predicted molar refractivity (Wildman–Crippen MR) is 250 cm³/mol. The number of hydrogen-bond acceptors (Lipinski definition) is 10. The molecule has 4 atom stereocenters. The maximum Gasteiger partial charge on any atom is 0.122 e. The van der Waals surface area contributed by atoms with Crippen LogP contribution in [-0.2, 0) is 0 Å². The zero-order valence-corrected chi connectivity index (χ0v) is 38.0. The minimum absolute atomic E-state index is 0.372. The van der Waals surface area contributed by atoms with Gasteiger partial charge in [-0.15, -0.1) is 0 Å². The van der Waals surface area contributed by atoms with E-state index in [0.717, 1.165) is 45.3 Å². The second-order valence-corrected chi connectivity index (χ2v) is 15.6. The summed E-state index contributed by atoms with van der Waals surface area (Å²) in [5, 5.41) is 23.3. The van der Waals surface area contributed by atoms with Crippen molar-refractivity contribution in [3.63, 3.8) is 0 Å². The van der Waals surface area contributed by atoms with Crippen LogP contribution < -0.4 is 37.9 Å². The van der Waals surface area contributed by atoms with Gasteiger partial charge in [0.05, 0.1) is 80.1 Å². The summed E-state index contributed by atoms with van der Waals surface area (Å²) in [7, 11) is 12.8. The molecule has 66 heavy (non-hydrogen) atoms. The van der Waals surface area contributed by atoms with E-state index in [1.807, 2.05) is 84.9 Å². The molecule has 8 rings (SSSR count). The van der Waals surface area contributed by atoms with E-state index in [1.165, 1.54) is 0 Å². The molecule has 0 aliphatic carbocycles. The molecule has 0 spiro atoms. The van der Waals surface area contributed by atoms with Gasteiger partial charge in [0.25, 0.3) is 0 Å². The highest BCUT2D eigenvalue weighted by Crippen LogP contribution is 2.41. The molecule has 14 heteroatoms. The van der Waals surface area contributed by atoms with Crippen molar-refractivity contribution < 1.29 is 48.1 Å². The highest BCUT2D eigenvalue weighted by atomic mass is 16.5. The molecule has 0 bridgehead atoms. The summed E-state index contributed by atoms with van der Waals surface area (Å²) < 4.78 is 44.8. The fourth-order valence-electron chi connectivity index (χ4n) is 8.37. The molecule has 0 radical (unpaired) electrons. The summed E-state index contributed by atoms with van der Waals surface area (Å²) in [6, 6.07) is 38.1. The lowest BCUT2D eigenvalue weighted by Gasteiger charge is -2.19. The van der Waals surface area contributed by atoms with Gasteiger partial charge in [-0.3, -0.25) is 0 Å². The van der Waals surface area contributed by atoms with E-state index >= 15 is 0 Å². The molecule has 0 fully saturated rings. The number of aliphatic hydroxyl groups is 2. The normalized spacial score (nSPS) is 13.1. The molecule has 0 aliphatic rings. The van der Waals surface area contributed by atoms with Crippen LogP contribution in [-0.4, -0.2) is 87.0 Å². The third-order valence-corrected chi connectivity index (χ3v) is 11.8. The van der Waals surface area contributed by atoms with Gasteiger partial charge in [0.1, 0.15) is 58.2 Å². The van der Waals surface area contributed by atoms with Gasteiger partial charge < -0.3 is 68.0 Å². The second-order valence-electron chi connectivity index (χ2n) is 15.6. The fourth-order valence-corrected chi connectivity index (χ4v) is 8.37. The minimum Gasteiger partial charge on any atom is -0.497 e. The van der Waals surface area contributed by atoms with Crippen LogP contribution >= 0.6 is 0 Å². The van der Waals surface area contributed by atoms with Crippen LogP contribution in [0.4, 0.5) is 0 Å². The van der Waals surface area contributed by atoms with Crippen molar-refractivity contribution in [1.82, 2.24) is 19.9 Å². The summed E-state index contributed by atoms with van der Waals surface area (Å²) in [4.78, 5) is 14.4. The van der Waals surface area contributed by atoms with Gasteiger partial charge in [-0.05, 0) is 119 Å². The maximum absolute atomic E-state index is 11.6. The van der Waals surface area contributed by atoms with Crippen LogP contribution in [0.1, 0.15) is 80.5 Å². The monoisotopic (exact) mass is 894 g/mol. The molecule has 0 amide bonds. The van der Waals surface area contributed by atoms with Gasteiger partial charge >= 0.3 is 0 Å². The molecule has 342 valence electrons. The Labute approximate surface area is 383 Å². The van der Waals surface area contributed by atoms with E-state index in [4.69, 9.17) is 37.9 Å². The van der Waals surface area contributed by atoms with Crippen LogP contribution in [0.15, 0.2) is 121 Å². The molecular formula is C52H54N4O10. The third-order valence-electron chi connectivity index (χ3n) is 11.8. The fraction of sp³-hybridized carbons (Fsp3) is 0.231. The van der Waals surface area contributed by atoms with E-state index in [1.54, 1.807) is 93.3 Å². The number of methoxy groups -OCH3 is 8. The van der Waals surface area contributed by atoms with Crippen molar-refractivity contribution in [1.29, 1.82) is 0 Å². The quantitative estimate of drug-likeness (QED) is 0.0459. The lowest BCUT2D eigenvalue weighted by Crippen LogP contribution is -2.07. The first-order valence-corrected chi connectivity index (χ1v) is 21.1. The van der Waals surface area contributed by atoms with Crippen molar-refractivity contribution in [3.05, 3.63) is 178 Å². The number of H-pyrrole nitrogens is 4. The molecule has 6 N–H and O–H groups in total. The van der Waals surface area contributed by atoms with E-state index in [9.17, 15) is 10.2 Å². The smallest absolute Gasteiger partial charge is 0.122 e. The molecule has 4 aromatic heterocycles. The Morgan fingerprint density at radius 1 is 0.288 bits per heavy atom. The van der Waals surface area contributed by atoms with Crippen molar-refractivity contribution in [3.8, 4) is 57.4 Å². The molecule has 4 aromatic carbocycles. The van der Waals surface area contributed by atoms with Crippen molar-refractivity contribution >= 4 is 0 Å². The molecule has 4 heterocycles. The topological polar surface area (TPSA) is 177 Å². The van der Waals surface area contributed by atoms with Gasteiger partial charge in [0.15, 0.2) is 0 Å². The van der Waals surface area contributed by atoms with Gasteiger partial charge in [-0.2, -0.15) is 0 Å². The second kappa shape index (κ2) is 19.6. The summed E-state index contributed by atoms with van der Waals surface area (Å²) in [6.45, 7) is 0. The number of aromatic nitrogens is 4. The Bertz CT molecular complexity index is 2630. The Kier molecular flexibility index (Phi) is 13.3. The first kappa shape index (κ1) is 44.9. The number of rotatable bonds is 19. The zero-order chi connectivity index (χ0) is 46.5. The predicted octanol–water partition coefficient (Wildman–Crippen LogP) is 9.26. The molecule has 8 aromatic rings. The standard InChI is InChI=1S/C52H54N4O10/c1-59-33-17-29(18-34(25-33)60-2)49(45-13-15-47(55-45)51(57)31-21-37(63-5)27-38(22-31)64-6)43-11-9-41(53-43)42-10-12-44(54-42)50(30-19-35(61-3)26-36(20-30)62-4)46-14-16-48(56-46)52(58)32-23-39(65-7)28-40(24-32)66-8/h9-28,49-58H,1-8H3. The SMILES string of the molecule is COc1cc(OC)cc(C(O)c2ccc(C(c3cc(OC)cc(OC)c3)c3ccc(-c4ccc(C(c5cc(OC)cc(OC)c5)c5ccc(C(O)c6cc(OC)cc(OC)c6)[nH]5)[nH]4)[nH]3)[nH]2)c1. The first-order chi connectivity index (χ1) is 32.1. The van der Waals surface area contributed by atoms with Crippen LogP contribution in [0.2, 0.25) is 0 Å². The summed E-state index contributed by atoms with van der Waals surface area (Å²) >= 11 is 0. The molecule has 14 nitrogen and oxygen atoms in total. The van der Waals surface area contributed by atoms with Gasteiger partial charge in [-0.1, -0.05) is 0 Å². The van der Waals surface area contributed by atoms with E-state index in [2.05, 4.69) is 19.9 Å². The van der Waals surface area contributed by atoms with E-state index < -0.39 is 12.2 Å². The number of nitrogens with one attached hydrogen (secondary N) is 4. The summed E-state index contributed by atoms with van der Waals surface area (Å²) in [5.74, 6) is 4.07. The molecular weight excluding hydrogens is 841 g/mol. The molecule has 0 aliphatic heterocycles. The number of ether oxygens (including phenoxy) is 8. The number of hydrogen-bond donors (Lipinski definition) is 6. The number of aromatic amines is 4. The van der Waals surface area contributed by atoms with Gasteiger partial charge in [0.2, 0.25) is 0 Å². The summed E-state index contributed by atoms with van der Waals surface area (Å²) in [6.07, 6.45) is -2.00. The summed E-state index contributed by atoms with van der Waals surface area (Å²) in [5.41, 5.74) is 9.22. The highest BCUT2D eigenvalue weighted by Gasteiger charge is 2.27. The first-order valence-electron chi connectivity index (χ1n) is 21.1. The Morgan fingerprint density at radius 2 is 0.515 bits per heavy atom. The Hall–Kier alpha value is -7.68. The van der Waals surface area contributed by atoms with Crippen LogP contribution in [0.3, 0.4) is 0 Å². The largest absolute Gasteiger partial charge is 0.497 e. The van der Waals surface area contributed by atoms with Crippen LogP contribution in [0.25, 0.3) is 11.4 Å². The third kappa shape index (κ3) is 9.27. The Balaban J connectivity index is 1.17. The van der Waals surface area contributed by atoms with Crippen molar-refractivity contribution in [2.45, 2.75) is 24.0 Å². The van der Waals surface area contributed by atoms with Gasteiger partial charge in [-0.25, -0.2) is 0 Å². The lowest BCUT2D eigenvalue weighted by molar-refractivity contribution is 0.214. The van der Waals surface area contributed by atoms with Crippen LogP contribution in [0.5, 0.6) is 46.0 Å². The van der Waals surface area contributed by atoms with Crippen molar-refractivity contribution in [2.75, 3.05) is 56.9 Å². The Morgan fingerprint density at radius 3 is 0.788 bits per heavy atom. The van der Waals surface area contributed by atoms with Crippen LogP contribution in [0, 0.1) is 0 Å². The zero-order valence-electron chi connectivity index (χ0n) is 38.0. The molecule has 0 saturated carbocycles. The lowest BCUT2D eigenvalue weighted by atomic mass is 9.92.